The molecule has 0 N–H and O–H groups in total. The Labute approximate surface area is 136 Å². The predicted octanol–water partition coefficient (Wildman–Crippen LogP) is 3.99. The van der Waals surface area contributed by atoms with Crippen molar-refractivity contribution < 1.29 is 9.59 Å². The van der Waals surface area contributed by atoms with Crippen LogP contribution in [0.4, 0.5) is 0 Å². The van der Waals surface area contributed by atoms with Gasteiger partial charge in [-0.25, -0.2) is 4.98 Å². The van der Waals surface area contributed by atoms with Crippen LogP contribution in [0, 0.1) is 5.92 Å². The number of hydrogen-bond donors (Lipinski definition) is 0. The highest BCUT2D eigenvalue weighted by atomic mass is 32.2. The summed E-state index contributed by atoms with van der Waals surface area (Å²) < 4.78 is 0. The predicted molar refractivity (Wildman–Crippen MR) is 88.0 cm³/mol. The molecule has 1 atom stereocenters. The number of hydrogen-bond acceptors (Lipinski definition) is 4. The van der Waals surface area contributed by atoms with Gasteiger partial charge in [-0.2, -0.15) is 0 Å². The smallest absolute Gasteiger partial charge is 0.150 e. The fourth-order valence-corrected chi connectivity index (χ4v) is 4.63. The van der Waals surface area contributed by atoms with Gasteiger partial charge in [-0.05, 0) is 24.0 Å². The molecule has 22 heavy (non-hydrogen) atoms. The molecule has 0 bridgehead atoms. The molecule has 2 aliphatic rings. The second kappa shape index (κ2) is 7.40. The van der Waals surface area contributed by atoms with E-state index in [9.17, 15) is 9.59 Å². The van der Waals surface area contributed by atoms with Crippen molar-refractivity contribution in [2.24, 2.45) is 5.92 Å². The third-order valence-corrected chi connectivity index (χ3v) is 6.13. The van der Waals surface area contributed by atoms with Crippen LogP contribution in [0.15, 0.2) is 23.4 Å². The molecule has 0 saturated heterocycles. The summed E-state index contributed by atoms with van der Waals surface area (Å²) in [5.41, 5.74) is 1.03. The Hall–Kier alpha value is -1.16. The summed E-state index contributed by atoms with van der Waals surface area (Å²) in [7, 11) is 0. The summed E-state index contributed by atoms with van der Waals surface area (Å²) in [6, 6.07) is 3.85. The molecule has 1 aromatic heterocycles. The van der Waals surface area contributed by atoms with Crippen LogP contribution in [0.3, 0.4) is 0 Å². The number of nitrogens with zero attached hydrogens (tertiary/aromatic N) is 1. The van der Waals surface area contributed by atoms with E-state index in [0.717, 1.165) is 17.0 Å². The molecule has 1 aliphatic carbocycles. The number of fused-ring (bicyclic) bond motifs is 1. The van der Waals surface area contributed by atoms with Gasteiger partial charge in [0.15, 0.2) is 5.78 Å². The van der Waals surface area contributed by atoms with Crippen LogP contribution in [0.2, 0.25) is 0 Å². The number of thioether (sulfide) groups is 1. The van der Waals surface area contributed by atoms with Gasteiger partial charge < -0.3 is 0 Å². The van der Waals surface area contributed by atoms with Crippen LogP contribution in [-0.2, 0) is 16.0 Å². The lowest BCUT2D eigenvalue weighted by atomic mass is 9.85. The van der Waals surface area contributed by atoms with Crippen LogP contribution in [-0.4, -0.2) is 21.8 Å². The third kappa shape index (κ3) is 3.97. The lowest BCUT2D eigenvalue weighted by molar-refractivity contribution is -0.120. The average molecular weight is 317 g/mol. The van der Waals surface area contributed by atoms with Crippen molar-refractivity contribution in [3.8, 4) is 0 Å². The van der Waals surface area contributed by atoms with Gasteiger partial charge in [0.2, 0.25) is 0 Å². The first-order valence-corrected chi connectivity index (χ1v) is 9.25. The fourth-order valence-electron chi connectivity index (χ4n) is 3.49. The monoisotopic (exact) mass is 317 g/mol. The molecule has 2 heterocycles. The number of aromatic nitrogens is 1. The van der Waals surface area contributed by atoms with Gasteiger partial charge in [-0.1, -0.05) is 49.9 Å². The summed E-state index contributed by atoms with van der Waals surface area (Å²) in [6.07, 6.45) is 10.5. The molecule has 1 fully saturated rings. The van der Waals surface area contributed by atoms with Gasteiger partial charge in [0, 0.05) is 25.5 Å². The molecule has 0 amide bonds. The summed E-state index contributed by atoms with van der Waals surface area (Å²) in [4.78, 5) is 28.7. The maximum absolute atomic E-state index is 12.2. The number of carbonyl (C=O) groups is 2. The summed E-state index contributed by atoms with van der Waals surface area (Å²) >= 11 is 1.54. The minimum atomic E-state index is -0.0855. The molecule has 4 heteroatoms. The molecule has 1 unspecified atom stereocenters. The maximum atomic E-state index is 12.2. The molecular weight excluding hydrogens is 294 g/mol. The highest BCUT2D eigenvalue weighted by Gasteiger charge is 2.28. The molecule has 1 aliphatic heterocycles. The normalized spacial score (nSPS) is 22.4. The van der Waals surface area contributed by atoms with Crippen molar-refractivity contribution in [3.63, 3.8) is 0 Å². The summed E-state index contributed by atoms with van der Waals surface area (Å²) in [6.45, 7) is 0. The summed E-state index contributed by atoms with van der Waals surface area (Å²) in [5.74, 6) is 1.18. The molecule has 1 aromatic rings. The Kier molecular flexibility index (Phi) is 5.29. The van der Waals surface area contributed by atoms with Crippen molar-refractivity contribution in [1.82, 2.24) is 4.98 Å². The van der Waals surface area contributed by atoms with Crippen molar-refractivity contribution in [2.75, 3.05) is 0 Å². The van der Waals surface area contributed by atoms with E-state index in [-0.39, 0.29) is 11.0 Å². The van der Waals surface area contributed by atoms with E-state index in [1.165, 1.54) is 32.1 Å². The maximum Gasteiger partial charge on any atom is 0.150 e. The second-order valence-electron chi connectivity index (χ2n) is 6.50. The second-order valence-corrected chi connectivity index (χ2v) is 7.69. The third-order valence-electron chi connectivity index (χ3n) is 4.75. The van der Waals surface area contributed by atoms with Gasteiger partial charge in [0.05, 0.1) is 5.25 Å². The number of carbonyl (C=O) groups excluding carboxylic acids is 2. The van der Waals surface area contributed by atoms with E-state index in [4.69, 9.17) is 0 Å². The highest BCUT2D eigenvalue weighted by molar-refractivity contribution is 8.00. The minimum Gasteiger partial charge on any atom is -0.300 e. The lowest BCUT2D eigenvalue weighted by Crippen LogP contribution is -2.25. The largest absolute Gasteiger partial charge is 0.300 e. The molecule has 3 nitrogen and oxygen atoms in total. The Morgan fingerprint density at radius 1 is 1.27 bits per heavy atom. The van der Waals surface area contributed by atoms with E-state index in [1.807, 2.05) is 12.1 Å². The lowest BCUT2D eigenvalue weighted by Gasteiger charge is -2.23. The van der Waals surface area contributed by atoms with E-state index in [0.29, 0.717) is 31.0 Å². The standard InChI is InChI=1S/C18H23NO2S/c20-15(11-13-5-2-1-3-6-13)8-9-17-16(21)12-14-7-4-10-19-18(14)22-17/h4,7,10,13,17H,1-3,5-6,8-9,11-12H2. The van der Waals surface area contributed by atoms with Gasteiger partial charge in [0.25, 0.3) is 0 Å². The molecule has 118 valence electrons. The summed E-state index contributed by atoms with van der Waals surface area (Å²) in [5, 5.41) is 0.879. The van der Waals surface area contributed by atoms with Gasteiger partial charge in [0.1, 0.15) is 10.8 Å². The molecule has 0 aromatic carbocycles. The molecule has 1 saturated carbocycles. The van der Waals surface area contributed by atoms with Crippen LogP contribution < -0.4 is 0 Å². The van der Waals surface area contributed by atoms with E-state index < -0.39 is 0 Å². The van der Waals surface area contributed by atoms with Crippen LogP contribution in [0.1, 0.15) is 56.9 Å². The Balaban J connectivity index is 1.49. The number of pyridine rings is 1. The van der Waals surface area contributed by atoms with Gasteiger partial charge in [-0.15, -0.1) is 0 Å². The van der Waals surface area contributed by atoms with Crippen molar-refractivity contribution in [1.29, 1.82) is 0 Å². The first-order valence-electron chi connectivity index (χ1n) is 8.37. The van der Waals surface area contributed by atoms with Crippen molar-refractivity contribution in [2.45, 2.75) is 68.1 Å². The van der Waals surface area contributed by atoms with Gasteiger partial charge in [-0.3, -0.25) is 9.59 Å². The number of ketones is 2. The Morgan fingerprint density at radius 2 is 2.09 bits per heavy atom. The SMILES string of the molecule is O=C(CCC1Sc2ncccc2CC1=O)CC1CCCCC1. The first kappa shape index (κ1) is 15.7. The van der Waals surface area contributed by atoms with E-state index in [1.54, 1.807) is 18.0 Å². The Bertz CT molecular complexity index is 552. The quantitative estimate of drug-likeness (QED) is 0.824. The first-order chi connectivity index (χ1) is 10.7. The van der Waals surface area contributed by atoms with Gasteiger partial charge >= 0.3 is 0 Å². The topological polar surface area (TPSA) is 47.0 Å². The average Bonchev–Trinajstić information content (AvgIpc) is 2.54. The number of rotatable bonds is 5. The van der Waals surface area contributed by atoms with Crippen LogP contribution in [0.5, 0.6) is 0 Å². The molecule has 3 rings (SSSR count). The minimum absolute atomic E-state index is 0.0855. The Morgan fingerprint density at radius 3 is 2.91 bits per heavy atom. The molecule has 0 radical (unpaired) electrons. The van der Waals surface area contributed by atoms with E-state index >= 15 is 0 Å². The number of Topliss-reactive ketones (excluding diaryl/α,β-unsaturated/α-hetero) is 2. The van der Waals surface area contributed by atoms with E-state index in [2.05, 4.69) is 4.98 Å². The highest BCUT2D eigenvalue weighted by Crippen LogP contribution is 2.34. The van der Waals surface area contributed by atoms with Crippen LogP contribution >= 0.6 is 11.8 Å². The molecule has 0 spiro atoms. The zero-order valence-corrected chi connectivity index (χ0v) is 13.7. The fraction of sp³-hybridized carbons (Fsp3) is 0.611. The zero-order chi connectivity index (χ0) is 15.4. The zero-order valence-electron chi connectivity index (χ0n) is 12.9. The molecular formula is C18H23NO2S. The van der Waals surface area contributed by atoms with Crippen molar-refractivity contribution >= 4 is 23.3 Å². The van der Waals surface area contributed by atoms with Crippen LogP contribution in [0.25, 0.3) is 0 Å². The van der Waals surface area contributed by atoms with Crippen molar-refractivity contribution in [3.05, 3.63) is 23.9 Å².